The SMILES string of the molecule is CCN=C1C=C(NC(C)C)NN(Cl)N1. The van der Waals surface area contributed by atoms with Crippen LogP contribution < -0.4 is 16.2 Å². The lowest BCUT2D eigenvalue weighted by molar-refractivity contribution is 0.310. The van der Waals surface area contributed by atoms with Gasteiger partial charge in [-0.25, -0.2) is 0 Å². The molecule has 0 aromatic heterocycles. The monoisotopic (exact) mass is 217 g/mol. The topological polar surface area (TPSA) is 51.7 Å². The standard InChI is InChI=1S/C8H16ClN5/c1-4-10-7-5-8(11-6(2)3)13-14(9)12-7/h5-6,11,13H,4H2,1-3H3,(H,10,12). The number of halogens is 1. The molecule has 1 heterocycles. The van der Waals surface area contributed by atoms with Gasteiger partial charge in [0.25, 0.3) is 0 Å². The van der Waals surface area contributed by atoms with E-state index in [0.29, 0.717) is 6.04 Å². The lowest BCUT2D eigenvalue weighted by atomic mass is 10.4. The number of hydrogen-bond donors (Lipinski definition) is 3. The molecule has 0 fully saturated rings. The molecule has 0 amide bonds. The van der Waals surface area contributed by atoms with Crippen LogP contribution >= 0.6 is 11.8 Å². The summed E-state index contributed by atoms with van der Waals surface area (Å²) in [4.78, 5) is 4.21. The molecular formula is C8H16ClN5. The molecule has 1 rings (SSSR count). The average molecular weight is 218 g/mol. The summed E-state index contributed by atoms with van der Waals surface area (Å²) in [5.74, 6) is 1.57. The van der Waals surface area contributed by atoms with Gasteiger partial charge in [0.2, 0.25) is 0 Å². The lowest BCUT2D eigenvalue weighted by Gasteiger charge is -2.26. The Labute approximate surface area is 89.3 Å². The predicted molar refractivity (Wildman–Crippen MR) is 58.3 cm³/mol. The molecule has 0 radical (unpaired) electrons. The molecule has 0 saturated carbocycles. The van der Waals surface area contributed by atoms with E-state index >= 15 is 0 Å². The fourth-order valence-corrected chi connectivity index (χ4v) is 1.25. The average Bonchev–Trinajstić information content (AvgIpc) is 2.01. The molecule has 80 valence electrons. The van der Waals surface area contributed by atoms with Crippen molar-refractivity contribution in [1.82, 2.24) is 20.8 Å². The second kappa shape index (κ2) is 5.07. The summed E-state index contributed by atoms with van der Waals surface area (Å²) in [6.45, 7) is 6.80. The van der Waals surface area contributed by atoms with E-state index in [1.807, 2.05) is 13.0 Å². The van der Waals surface area contributed by atoms with Crippen molar-refractivity contribution in [1.29, 1.82) is 0 Å². The smallest absolute Gasteiger partial charge is 0.141 e. The highest BCUT2D eigenvalue weighted by Gasteiger charge is 2.12. The second-order valence-electron chi connectivity index (χ2n) is 3.22. The zero-order valence-electron chi connectivity index (χ0n) is 8.63. The van der Waals surface area contributed by atoms with E-state index in [9.17, 15) is 0 Å². The molecule has 0 aromatic rings. The van der Waals surface area contributed by atoms with Crippen molar-refractivity contribution in [2.24, 2.45) is 4.99 Å². The lowest BCUT2D eigenvalue weighted by Crippen LogP contribution is -2.51. The zero-order valence-corrected chi connectivity index (χ0v) is 9.39. The minimum absolute atomic E-state index is 0.347. The second-order valence-corrected chi connectivity index (χ2v) is 3.56. The van der Waals surface area contributed by atoms with Crippen LogP contribution in [0.3, 0.4) is 0 Å². The van der Waals surface area contributed by atoms with Crippen molar-refractivity contribution in [3.05, 3.63) is 11.9 Å². The molecule has 0 saturated heterocycles. The van der Waals surface area contributed by atoms with E-state index in [1.165, 1.54) is 4.64 Å². The van der Waals surface area contributed by atoms with Crippen molar-refractivity contribution >= 4 is 17.6 Å². The first-order chi connectivity index (χ1) is 6.61. The van der Waals surface area contributed by atoms with Gasteiger partial charge in [0.05, 0.1) is 0 Å². The van der Waals surface area contributed by atoms with Gasteiger partial charge >= 0.3 is 0 Å². The first-order valence-electron chi connectivity index (χ1n) is 4.63. The maximum Gasteiger partial charge on any atom is 0.141 e. The Balaban J connectivity index is 2.68. The van der Waals surface area contributed by atoms with E-state index < -0.39 is 0 Å². The number of amidine groups is 1. The molecule has 1 aliphatic heterocycles. The molecule has 5 nitrogen and oxygen atoms in total. The van der Waals surface area contributed by atoms with Gasteiger partial charge in [0.1, 0.15) is 11.7 Å². The Morgan fingerprint density at radius 3 is 2.86 bits per heavy atom. The first kappa shape index (κ1) is 11.1. The molecular weight excluding hydrogens is 202 g/mol. The Morgan fingerprint density at radius 2 is 2.29 bits per heavy atom. The van der Waals surface area contributed by atoms with Crippen LogP contribution in [0.1, 0.15) is 20.8 Å². The van der Waals surface area contributed by atoms with Crippen molar-refractivity contribution in [3.8, 4) is 0 Å². The van der Waals surface area contributed by atoms with Crippen LogP contribution in [-0.4, -0.2) is 23.1 Å². The Kier molecular flexibility index (Phi) is 4.03. The molecule has 0 aromatic carbocycles. The molecule has 3 N–H and O–H groups in total. The zero-order chi connectivity index (χ0) is 10.6. The molecule has 0 bridgehead atoms. The van der Waals surface area contributed by atoms with Crippen LogP contribution in [-0.2, 0) is 0 Å². The fraction of sp³-hybridized carbons (Fsp3) is 0.625. The number of hydrazine groups is 2. The van der Waals surface area contributed by atoms with E-state index in [1.54, 1.807) is 0 Å². The summed E-state index contributed by atoms with van der Waals surface area (Å²) < 4.78 is 1.25. The number of aliphatic imine (C=N–C) groups is 1. The Bertz CT molecular complexity index is 248. The number of nitrogens with zero attached hydrogens (tertiary/aromatic N) is 2. The minimum atomic E-state index is 0.347. The van der Waals surface area contributed by atoms with Crippen LogP contribution in [0.2, 0.25) is 0 Å². The summed E-state index contributed by atoms with van der Waals surface area (Å²) in [6.07, 6.45) is 1.88. The van der Waals surface area contributed by atoms with Gasteiger partial charge in [0.15, 0.2) is 0 Å². The highest BCUT2D eigenvalue weighted by Crippen LogP contribution is 1.99. The fourth-order valence-electron chi connectivity index (χ4n) is 1.07. The number of hydrogen-bond acceptors (Lipinski definition) is 4. The van der Waals surface area contributed by atoms with E-state index in [2.05, 4.69) is 35.0 Å². The van der Waals surface area contributed by atoms with Crippen LogP contribution in [0.25, 0.3) is 0 Å². The third-order valence-electron chi connectivity index (χ3n) is 1.49. The van der Waals surface area contributed by atoms with Gasteiger partial charge in [-0.05, 0) is 25.4 Å². The van der Waals surface area contributed by atoms with Crippen LogP contribution in [0.5, 0.6) is 0 Å². The van der Waals surface area contributed by atoms with Crippen molar-refractivity contribution in [2.75, 3.05) is 6.54 Å². The first-order valence-corrected chi connectivity index (χ1v) is 4.97. The maximum atomic E-state index is 5.77. The molecule has 0 unspecified atom stereocenters. The highest BCUT2D eigenvalue weighted by atomic mass is 35.5. The minimum Gasteiger partial charge on any atom is -0.368 e. The van der Waals surface area contributed by atoms with Gasteiger partial charge < -0.3 is 5.32 Å². The molecule has 1 aliphatic rings. The molecule has 0 atom stereocenters. The maximum absolute atomic E-state index is 5.77. The van der Waals surface area contributed by atoms with Crippen molar-refractivity contribution < 1.29 is 0 Å². The molecule has 0 aliphatic carbocycles. The molecule has 0 spiro atoms. The van der Waals surface area contributed by atoms with Crippen molar-refractivity contribution in [2.45, 2.75) is 26.8 Å². The van der Waals surface area contributed by atoms with Gasteiger partial charge in [-0.1, -0.05) is 0 Å². The number of nitrogens with one attached hydrogen (secondary N) is 3. The van der Waals surface area contributed by atoms with Gasteiger partial charge in [-0.3, -0.25) is 15.8 Å². The molecule has 14 heavy (non-hydrogen) atoms. The highest BCUT2D eigenvalue weighted by molar-refractivity contribution is 6.14. The van der Waals surface area contributed by atoms with Gasteiger partial charge in [-0.2, -0.15) is 0 Å². The van der Waals surface area contributed by atoms with Crippen molar-refractivity contribution in [3.63, 3.8) is 0 Å². The summed E-state index contributed by atoms with van der Waals surface area (Å²) in [6, 6.07) is 0.347. The van der Waals surface area contributed by atoms with Gasteiger partial charge in [0, 0.05) is 30.4 Å². The van der Waals surface area contributed by atoms with Crippen LogP contribution in [0.15, 0.2) is 16.9 Å². The van der Waals surface area contributed by atoms with Gasteiger partial charge in [-0.15, -0.1) is 0 Å². The Morgan fingerprint density at radius 1 is 1.57 bits per heavy atom. The van der Waals surface area contributed by atoms with E-state index in [0.717, 1.165) is 18.2 Å². The quantitative estimate of drug-likeness (QED) is 0.610. The summed E-state index contributed by atoms with van der Waals surface area (Å²) in [7, 11) is 0. The normalized spacial score (nSPS) is 20.4. The predicted octanol–water partition coefficient (Wildman–Crippen LogP) is 0.723. The molecule has 6 heteroatoms. The third-order valence-corrected chi connectivity index (χ3v) is 1.65. The largest absolute Gasteiger partial charge is 0.368 e. The third kappa shape index (κ3) is 3.43. The Hall–Kier alpha value is -0.940. The number of rotatable bonds is 3. The van der Waals surface area contributed by atoms with E-state index in [4.69, 9.17) is 11.8 Å². The summed E-state index contributed by atoms with van der Waals surface area (Å²) in [5.41, 5.74) is 5.73. The summed E-state index contributed by atoms with van der Waals surface area (Å²) in [5, 5.41) is 3.20. The van der Waals surface area contributed by atoms with E-state index in [-0.39, 0.29) is 0 Å². The van der Waals surface area contributed by atoms with Crippen LogP contribution in [0, 0.1) is 0 Å². The van der Waals surface area contributed by atoms with Crippen LogP contribution in [0.4, 0.5) is 0 Å². The summed E-state index contributed by atoms with van der Waals surface area (Å²) >= 11 is 5.77.